The lowest BCUT2D eigenvalue weighted by Gasteiger charge is -2.06. The van der Waals surface area contributed by atoms with Gasteiger partial charge in [-0.15, -0.1) is 0 Å². The summed E-state index contributed by atoms with van der Waals surface area (Å²) in [5.74, 6) is -0.461. The third-order valence-electron chi connectivity index (χ3n) is 3.56. The predicted molar refractivity (Wildman–Crippen MR) is 94.2 cm³/mol. The van der Waals surface area contributed by atoms with Crippen LogP contribution in [0.4, 0.5) is 11.4 Å². The van der Waals surface area contributed by atoms with Gasteiger partial charge >= 0.3 is 0 Å². The van der Waals surface area contributed by atoms with E-state index in [0.29, 0.717) is 5.69 Å². The minimum Gasteiger partial charge on any atom is -0.326 e. The standard InChI is InChI=1S/C17H18N2O5S/c1-13-4-10-16(11-5-13)25(23,24)12-2-3-17(20)18-14-6-8-15(9-7-14)19(21)22/h4-11H,2-3,12H2,1H3,(H,18,20). The predicted octanol–water partition coefficient (Wildman–Crippen LogP) is 3.10. The van der Waals surface area contributed by atoms with Gasteiger partial charge in [0.1, 0.15) is 0 Å². The Morgan fingerprint density at radius 3 is 2.24 bits per heavy atom. The van der Waals surface area contributed by atoms with Crippen molar-refractivity contribution in [3.05, 3.63) is 64.2 Å². The van der Waals surface area contributed by atoms with Gasteiger partial charge in [-0.25, -0.2) is 8.42 Å². The van der Waals surface area contributed by atoms with Crippen molar-refractivity contribution in [3.63, 3.8) is 0 Å². The van der Waals surface area contributed by atoms with Crippen LogP contribution >= 0.6 is 0 Å². The van der Waals surface area contributed by atoms with E-state index in [1.165, 1.54) is 24.3 Å². The van der Waals surface area contributed by atoms with Crippen molar-refractivity contribution in [1.82, 2.24) is 0 Å². The fourth-order valence-electron chi connectivity index (χ4n) is 2.18. The largest absolute Gasteiger partial charge is 0.326 e. The number of nitro groups is 1. The fourth-order valence-corrected chi connectivity index (χ4v) is 3.49. The molecule has 1 amide bonds. The minimum atomic E-state index is -3.42. The lowest BCUT2D eigenvalue weighted by Crippen LogP contribution is -2.14. The monoisotopic (exact) mass is 362 g/mol. The molecule has 132 valence electrons. The average Bonchev–Trinajstić information content (AvgIpc) is 2.55. The molecule has 0 spiro atoms. The second-order valence-corrected chi connectivity index (χ2v) is 7.70. The third-order valence-corrected chi connectivity index (χ3v) is 5.38. The molecule has 25 heavy (non-hydrogen) atoms. The number of sulfone groups is 1. The maximum Gasteiger partial charge on any atom is 0.269 e. The Balaban J connectivity index is 1.85. The maximum absolute atomic E-state index is 12.2. The maximum atomic E-state index is 12.2. The number of rotatable bonds is 7. The van der Waals surface area contributed by atoms with Crippen molar-refractivity contribution in [1.29, 1.82) is 0 Å². The van der Waals surface area contributed by atoms with Gasteiger partial charge in [-0.2, -0.15) is 0 Å². The van der Waals surface area contributed by atoms with Crippen molar-refractivity contribution in [2.45, 2.75) is 24.7 Å². The number of nitro benzene ring substituents is 1. The van der Waals surface area contributed by atoms with Crippen LogP contribution in [0.25, 0.3) is 0 Å². The molecular formula is C17H18N2O5S. The van der Waals surface area contributed by atoms with E-state index < -0.39 is 14.8 Å². The van der Waals surface area contributed by atoms with Crippen molar-refractivity contribution in [3.8, 4) is 0 Å². The first-order valence-electron chi connectivity index (χ1n) is 7.62. The molecule has 2 aromatic rings. The van der Waals surface area contributed by atoms with Crippen LogP contribution in [0.15, 0.2) is 53.4 Å². The summed E-state index contributed by atoms with van der Waals surface area (Å²) < 4.78 is 24.4. The lowest BCUT2D eigenvalue weighted by molar-refractivity contribution is -0.384. The number of non-ortho nitro benzene ring substituents is 1. The third kappa shape index (κ3) is 5.39. The number of carbonyl (C=O) groups is 1. The summed E-state index contributed by atoms with van der Waals surface area (Å²) in [7, 11) is -3.42. The van der Waals surface area contributed by atoms with Gasteiger partial charge in [0.25, 0.3) is 5.69 Å². The smallest absolute Gasteiger partial charge is 0.269 e. The van der Waals surface area contributed by atoms with Crippen LogP contribution in [0.2, 0.25) is 0 Å². The Morgan fingerprint density at radius 2 is 1.68 bits per heavy atom. The molecule has 2 aromatic carbocycles. The van der Waals surface area contributed by atoms with Crippen molar-refractivity contribution < 1.29 is 18.1 Å². The molecule has 2 rings (SSSR count). The zero-order chi connectivity index (χ0) is 18.4. The zero-order valence-corrected chi connectivity index (χ0v) is 14.5. The van der Waals surface area contributed by atoms with Gasteiger partial charge in [0.05, 0.1) is 15.6 Å². The van der Waals surface area contributed by atoms with E-state index in [0.717, 1.165) is 5.56 Å². The first-order valence-corrected chi connectivity index (χ1v) is 9.27. The Morgan fingerprint density at radius 1 is 1.08 bits per heavy atom. The Hall–Kier alpha value is -2.74. The fraction of sp³-hybridized carbons (Fsp3) is 0.235. The number of amides is 1. The van der Waals surface area contributed by atoms with Crippen LogP contribution < -0.4 is 5.32 Å². The van der Waals surface area contributed by atoms with Crippen LogP contribution in [0.1, 0.15) is 18.4 Å². The summed E-state index contributed by atoms with van der Waals surface area (Å²) in [6.45, 7) is 1.87. The number of anilines is 1. The first kappa shape index (κ1) is 18.6. The van der Waals surface area contributed by atoms with E-state index in [4.69, 9.17) is 0 Å². The summed E-state index contributed by atoms with van der Waals surface area (Å²) in [5.41, 5.74) is 1.33. The van der Waals surface area contributed by atoms with Crippen LogP contribution in [0.5, 0.6) is 0 Å². The SMILES string of the molecule is Cc1ccc(S(=O)(=O)CCCC(=O)Nc2ccc([N+](=O)[O-])cc2)cc1. The van der Waals surface area contributed by atoms with Crippen LogP contribution in [-0.4, -0.2) is 25.0 Å². The quantitative estimate of drug-likeness (QED) is 0.602. The van der Waals surface area contributed by atoms with E-state index in [1.807, 2.05) is 6.92 Å². The van der Waals surface area contributed by atoms with Crippen molar-refractivity contribution >= 4 is 27.1 Å². The molecule has 0 unspecified atom stereocenters. The van der Waals surface area contributed by atoms with Gasteiger partial charge in [0, 0.05) is 24.2 Å². The molecule has 0 radical (unpaired) electrons. The molecule has 0 fully saturated rings. The minimum absolute atomic E-state index is 0.0437. The van der Waals surface area contributed by atoms with Crippen molar-refractivity contribution in [2.24, 2.45) is 0 Å². The number of benzene rings is 2. The Bertz CT molecular complexity index is 859. The molecule has 1 N–H and O–H groups in total. The Kier molecular flexibility index (Phi) is 5.87. The molecule has 0 aromatic heterocycles. The summed E-state index contributed by atoms with van der Waals surface area (Å²) in [4.78, 5) is 22.1. The highest BCUT2D eigenvalue weighted by Crippen LogP contribution is 2.16. The number of hydrogen-bond acceptors (Lipinski definition) is 5. The topological polar surface area (TPSA) is 106 Å². The van der Waals surface area contributed by atoms with E-state index in [-0.39, 0.29) is 35.1 Å². The lowest BCUT2D eigenvalue weighted by atomic mass is 10.2. The van der Waals surface area contributed by atoms with Crippen LogP contribution in [-0.2, 0) is 14.6 Å². The van der Waals surface area contributed by atoms with Crippen LogP contribution in [0, 0.1) is 17.0 Å². The molecule has 0 aliphatic heterocycles. The number of hydrogen-bond donors (Lipinski definition) is 1. The van der Waals surface area contributed by atoms with E-state index in [1.54, 1.807) is 24.3 Å². The molecule has 0 saturated heterocycles. The van der Waals surface area contributed by atoms with Gasteiger partial charge in [-0.1, -0.05) is 17.7 Å². The summed E-state index contributed by atoms with van der Waals surface area (Å²) in [6, 6.07) is 12.0. The normalized spacial score (nSPS) is 11.1. The molecule has 0 aliphatic rings. The van der Waals surface area contributed by atoms with Gasteiger partial charge in [-0.05, 0) is 37.6 Å². The van der Waals surface area contributed by atoms with Gasteiger partial charge in [0.2, 0.25) is 5.91 Å². The second kappa shape index (κ2) is 7.89. The molecule has 0 atom stereocenters. The molecule has 7 nitrogen and oxygen atoms in total. The average molecular weight is 362 g/mol. The number of carbonyl (C=O) groups excluding carboxylic acids is 1. The molecule has 0 heterocycles. The van der Waals surface area contributed by atoms with Gasteiger partial charge < -0.3 is 5.32 Å². The first-order chi connectivity index (χ1) is 11.8. The zero-order valence-electron chi connectivity index (χ0n) is 13.6. The summed E-state index contributed by atoms with van der Waals surface area (Å²) in [6.07, 6.45) is 0.233. The van der Waals surface area contributed by atoms with E-state index in [9.17, 15) is 23.3 Å². The highest BCUT2D eigenvalue weighted by molar-refractivity contribution is 7.91. The van der Waals surface area contributed by atoms with Crippen molar-refractivity contribution in [2.75, 3.05) is 11.1 Å². The number of nitrogens with one attached hydrogen (secondary N) is 1. The number of aryl methyl sites for hydroxylation is 1. The Labute approximate surface area is 145 Å². The summed E-state index contributed by atoms with van der Waals surface area (Å²) in [5, 5.41) is 13.2. The molecule has 8 heteroatoms. The van der Waals surface area contributed by atoms with Gasteiger partial charge in [0.15, 0.2) is 9.84 Å². The number of nitrogens with zero attached hydrogens (tertiary/aromatic N) is 1. The molecule has 0 bridgehead atoms. The van der Waals surface area contributed by atoms with Crippen LogP contribution in [0.3, 0.4) is 0 Å². The van der Waals surface area contributed by atoms with E-state index in [2.05, 4.69) is 5.32 Å². The highest BCUT2D eigenvalue weighted by Gasteiger charge is 2.15. The second-order valence-electron chi connectivity index (χ2n) is 5.59. The molecular weight excluding hydrogens is 344 g/mol. The van der Waals surface area contributed by atoms with Gasteiger partial charge in [-0.3, -0.25) is 14.9 Å². The molecule has 0 saturated carbocycles. The molecule has 0 aliphatic carbocycles. The highest BCUT2D eigenvalue weighted by atomic mass is 32.2. The summed E-state index contributed by atoms with van der Waals surface area (Å²) >= 11 is 0. The van der Waals surface area contributed by atoms with E-state index >= 15 is 0 Å².